The summed E-state index contributed by atoms with van der Waals surface area (Å²) in [6, 6.07) is 2.56. The van der Waals surface area contributed by atoms with Crippen LogP contribution in [0, 0.1) is 16.7 Å². The molecule has 1 saturated carbocycles. The molecule has 14 heavy (non-hydrogen) atoms. The van der Waals surface area contributed by atoms with Crippen molar-refractivity contribution in [1.29, 1.82) is 5.26 Å². The maximum absolute atomic E-state index is 9.30. The molecule has 1 unspecified atom stereocenters. The number of nitriles is 1. The van der Waals surface area contributed by atoms with Crippen molar-refractivity contribution in [2.75, 3.05) is 6.61 Å². The highest BCUT2D eigenvalue weighted by atomic mass is 16.5. The fourth-order valence-electron chi connectivity index (χ4n) is 2.83. The smallest absolute Gasteiger partial charge is 0.0690 e. The molecule has 0 aromatic heterocycles. The molecule has 0 aromatic carbocycles. The van der Waals surface area contributed by atoms with E-state index >= 15 is 0 Å². The Hall–Kier alpha value is -0.550. The van der Waals surface area contributed by atoms with E-state index in [4.69, 9.17) is 4.74 Å². The highest BCUT2D eigenvalue weighted by Gasteiger charge is 2.35. The van der Waals surface area contributed by atoms with E-state index in [0.29, 0.717) is 6.10 Å². The minimum absolute atomic E-state index is 0.0345. The second-order valence-electron chi connectivity index (χ2n) is 4.79. The number of hydrogen-bond donors (Lipinski definition) is 0. The molecule has 2 aliphatic rings. The predicted octanol–water partition coefficient (Wildman–Crippen LogP) is 3.03. The summed E-state index contributed by atoms with van der Waals surface area (Å²) < 4.78 is 5.63. The lowest BCUT2D eigenvalue weighted by Crippen LogP contribution is -2.27. The van der Waals surface area contributed by atoms with Crippen LogP contribution >= 0.6 is 0 Å². The summed E-state index contributed by atoms with van der Waals surface area (Å²) in [5.41, 5.74) is -0.0345. The molecule has 2 nitrogen and oxygen atoms in total. The van der Waals surface area contributed by atoms with E-state index < -0.39 is 0 Å². The third-order valence-electron chi connectivity index (χ3n) is 3.69. The van der Waals surface area contributed by atoms with Crippen molar-refractivity contribution >= 4 is 0 Å². The van der Waals surface area contributed by atoms with E-state index in [1.165, 1.54) is 32.1 Å². The van der Waals surface area contributed by atoms with Gasteiger partial charge in [0, 0.05) is 6.61 Å². The molecular formula is C12H19NO. The van der Waals surface area contributed by atoms with Crippen molar-refractivity contribution in [3.63, 3.8) is 0 Å². The first-order valence-electron chi connectivity index (χ1n) is 5.88. The Kier molecular flexibility index (Phi) is 3.08. The molecular weight excluding hydrogens is 174 g/mol. The first-order chi connectivity index (χ1) is 6.85. The van der Waals surface area contributed by atoms with E-state index in [1.807, 2.05) is 0 Å². The Morgan fingerprint density at radius 3 is 2.57 bits per heavy atom. The second-order valence-corrected chi connectivity index (χ2v) is 4.79. The molecule has 1 aliphatic heterocycles. The number of ether oxygens (including phenoxy) is 1. The molecule has 1 atom stereocenters. The average molecular weight is 193 g/mol. The lowest BCUT2D eigenvalue weighted by atomic mass is 9.71. The first kappa shape index (κ1) is 9.98. The van der Waals surface area contributed by atoms with Crippen molar-refractivity contribution in [3.05, 3.63) is 0 Å². The van der Waals surface area contributed by atoms with E-state index in [0.717, 1.165) is 25.9 Å². The topological polar surface area (TPSA) is 33.0 Å². The third-order valence-corrected chi connectivity index (χ3v) is 3.69. The molecule has 1 saturated heterocycles. The average Bonchev–Trinajstić information content (AvgIpc) is 2.72. The van der Waals surface area contributed by atoms with Gasteiger partial charge >= 0.3 is 0 Å². The number of rotatable bonds is 2. The van der Waals surface area contributed by atoms with Gasteiger partial charge in [-0.3, -0.25) is 0 Å². The zero-order valence-corrected chi connectivity index (χ0v) is 8.80. The summed E-state index contributed by atoms with van der Waals surface area (Å²) in [4.78, 5) is 0. The molecule has 0 N–H and O–H groups in total. The third kappa shape index (κ3) is 2.09. The summed E-state index contributed by atoms with van der Waals surface area (Å²) in [5.74, 6) is 0. The predicted molar refractivity (Wildman–Crippen MR) is 54.7 cm³/mol. The minimum Gasteiger partial charge on any atom is -0.378 e. The molecule has 2 rings (SSSR count). The fraction of sp³-hybridized carbons (Fsp3) is 0.917. The summed E-state index contributed by atoms with van der Waals surface area (Å²) in [6.07, 6.45) is 9.72. The monoisotopic (exact) mass is 193 g/mol. The van der Waals surface area contributed by atoms with Crippen LogP contribution in [0.3, 0.4) is 0 Å². The number of hydrogen-bond acceptors (Lipinski definition) is 2. The van der Waals surface area contributed by atoms with Crippen LogP contribution in [-0.4, -0.2) is 12.7 Å². The van der Waals surface area contributed by atoms with Gasteiger partial charge in [-0.15, -0.1) is 0 Å². The van der Waals surface area contributed by atoms with Gasteiger partial charge in [-0.05, 0) is 32.1 Å². The van der Waals surface area contributed by atoms with Gasteiger partial charge in [-0.1, -0.05) is 19.3 Å². The normalized spacial score (nSPS) is 31.2. The molecule has 0 radical (unpaired) electrons. The lowest BCUT2D eigenvalue weighted by Gasteiger charge is -2.32. The Morgan fingerprint density at radius 2 is 2.00 bits per heavy atom. The van der Waals surface area contributed by atoms with E-state index in [-0.39, 0.29) is 5.41 Å². The quantitative estimate of drug-likeness (QED) is 0.675. The molecule has 1 aliphatic carbocycles. The van der Waals surface area contributed by atoms with E-state index in [1.54, 1.807) is 0 Å². The SMILES string of the molecule is N#CC1(CC2CCCO2)CCCCC1. The highest BCUT2D eigenvalue weighted by molar-refractivity contribution is 5.02. The Morgan fingerprint density at radius 1 is 1.21 bits per heavy atom. The van der Waals surface area contributed by atoms with Crippen LogP contribution in [0.15, 0.2) is 0 Å². The van der Waals surface area contributed by atoms with Gasteiger partial charge in [0.2, 0.25) is 0 Å². The van der Waals surface area contributed by atoms with Gasteiger partial charge in [0.25, 0.3) is 0 Å². The maximum atomic E-state index is 9.30. The summed E-state index contributed by atoms with van der Waals surface area (Å²) in [5, 5.41) is 9.30. The molecule has 0 spiro atoms. The van der Waals surface area contributed by atoms with Crippen molar-refractivity contribution in [3.8, 4) is 6.07 Å². The van der Waals surface area contributed by atoms with Crippen LogP contribution in [0.4, 0.5) is 0 Å². The van der Waals surface area contributed by atoms with Gasteiger partial charge < -0.3 is 4.74 Å². The van der Waals surface area contributed by atoms with Crippen LogP contribution in [0.1, 0.15) is 51.4 Å². The lowest BCUT2D eigenvalue weighted by molar-refractivity contribution is 0.0652. The molecule has 2 heteroatoms. The fourth-order valence-corrected chi connectivity index (χ4v) is 2.83. The van der Waals surface area contributed by atoms with Crippen LogP contribution in [0.5, 0.6) is 0 Å². The zero-order valence-electron chi connectivity index (χ0n) is 8.80. The minimum atomic E-state index is -0.0345. The van der Waals surface area contributed by atoms with Crippen molar-refractivity contribution in [1.82, 2.24) is 0 Å². The molecule has 2 fully saturated rings. The van der Waals surface area contributed by atoms with Crippen LogP contribution < -0.4 is 0 Å². The summed E-state index contributed by atoms with van der Waals surface area (Å²) in [7, 11) is 0. The van der Waals surface area contributed by atoms with Crippen molar-refractivity contribution in [2.45, 2.75) is 57.5 Å². The largest absolute Gasteiger partial charge is 0.378 e. The van der Waals surface area contributed by atoms with Crippen LogP contribution in [0.25, 0.3) is 0 Å². The van der Waals surface area contributed by atoms with Gasteiger partial charge in [-0.25, -0.2) is 0 Å². The maximum Gasteiger partial charge on any atom is 0.0690 e. The molecule has 78 valence electrons. The van der Waals surface area contributed by atoms with Gasteiger partial charge in [0.05, 0.1) is 17.6 Å². The van der Waals surface area contributed by atoms with Crippen LogP contribution in [-0.2, 0) is 4.74 Å². The van der Waals surface area contributed by atoms with E-state index in [9.17, 15) is 5.26 Å². The van der Waals surface area contributed by atoms with Crippen molar-refractivity contribution in [2.24, 2.45) is 5.41 Å². The van der Waals surface area contributed by atoms with Gasteiger partial charge in [-0.2, -0.15) is 5.26 Å². The van der Waals surface area contributed by atoms with Gasteiger partial charge in [0.1, 0.15) is 0 Å². The van der Waals surface area contributed by atoms with Crippen molar-refractivity contribution < 1.29 is 4.74 Å². The molecule has 0 amide bonds. The van der Waals surface area contributed by atoms with Gasteiger partial charge in [0.15, 0.2) is 0 Å². The molecule has 0 bridgehead atoms. The zero-order chi connectivity index (χ0) is 9.86. The molecule has 0 aromatic rings. The Balaban J connectivity index is 1.93. The Labute approximate surface area is 86.2 Å². The van der Waals surface area contributed by atoms with E-state index in [2.05, 4.69) is 6.07 Å². The standard InChI is InChI=1S/C12H19NO/c13-10-12(6-2-1-3-7-12)9-11-5-4-8-14-11/h11H,1-9H2. The summed E-state index contributed by atoms with van der Waals surface area (Å²) in [6.45, 7) is 0.909. The molecule has 1 heterocycles. The Bertz CT molecular complexity index is 219. The summed E-state index contributed by atoms with van der Waals surface area (Å²) >= 11 is 0. The second kappa shape index (κ2) is 4.31. The number of nitrogens with zero attached hydrogens (tertiary/aromatic N) is 1. The van der Waals surface area contributed by atoms with Crippen LogP contribution in [0.2, 0.25) is 0 Å². The first-order valence-corrected chi connectivity index (χ1v) is 5.88. The highest BCUT2D eigenvalue weighted by Crippen LogP contribution is 2.41.